The van der Waals surface area contributed by atoms with Gasteiger partial charge in [-0.15, -0.1) is 0 Å². The summed E-state index contributed by atoms with van der Waals surface area (Å²) < 4.78 is 5.60. The number of carbonyl (C=O) groups is 2. The molecule has 0 atom stereocenters. The van der Waals surface area contributed by atoms with Gasteiger partial charge in [0.05, 0.1) is 12.2 Å². The van der Waals surface area contributed by atoms with E-state index in [0.717, 1.165) is 36.8 Å². The van der Waals surface area contributed by atoms with Gasteiger partial charge >= 0.3 is 6.03 Å². The topological polar surface area (TPSA) is 70.7 Å². The fraction of sp³-hybridized carbons (Fsp3) is 0.391. The summed E-state index contributed by atoms with van der Waals surface area (Å²) >= 11 is 0. The van der Waals surface area contributed by atoms with E-state index < -0.39 is 0 Å². The van der Waals surface area contributed by atoms with Crippen LogP contribution < -0.4 is 20.3 Å². The van der Waals surface area contributed by atoms with Gasteiger partial charge in [-0.2, -0.15) is 0 Å². The molecule has 1 saturated carbocycles. The summed E-state index contributed by atoms with van der Waals surface area (Å²) in [4.78, 5) is 26.7. The lowest BCUT2D eigenvalue weighted by Gasteiger charge is -2.30. The number of ether oxygens (including phenoxy) is 1. The second-order valence-electron chi connectivity index (χ2n) is 7.81. The fourth-order valence-corrected chi connectivity index (χ4v) is 4.01. The van der Waals surface area contributed by atoms with E-state index in [0.29, 0.717) is 23.7 Å². The van der Waals surface area contributed by atoms with E-state index in [9.17, 15) is 9.59 Å². The lowest BCUT2D eigenvalue weighted by atomic mass is 9.96. The van der Waals surface area contributed by atoms with Crippen LogP contribution in [0.25, 0.3) is 0 Å². The Labute approximate surface area is 171 Å². The molecule has 0 radical (unpaired) electrons. The number of rotatable bonds is 4. The maximum absolute atomic E-state index is 12.6. The quantitative estimate of drug-likeness (QED) is 0.810. The number of amides is 3. The highest BCUT2D eigenvalue weighted by Gasteiger charge is 2.26. The normalized spacial score (nSPS) is 16.7. The van der Waals surface area contributed by atoms with Crippen LogP contribution in [0.15, 0.2) is 42.5 Å². The van der Waals surface area contributed by atoms with Crippen LogP contribution in [0.5, 0.6) is 5.75 Å². The zero-order chi connectivity index (χ0) is 20.2. The highest BCUT2D eigenvalue weighted by Crippen LogP contribution is 2.35. The second-order valence-corrected chi connectivity index (χ2v) is 7.81. The van der Waals surface area contributed by atoms with Crippen LogP contribution in [0.1, 0.15) is 43.2 Å². The number of nitrogens with zero attached hydrogens (tertiary/aromatic N) is 1. The number of anilines is 2. The fourth-order valence-electron chi connectivity index (χ4n) is 4.01. The molecule has 1 fully saturated rings. The van der Waals surface area contributed by atoms with Crippen LogP contribution in [0.4, 0.5) is 16.2 Å². The number of hydrogen-bond donors (Lipinski definition) is 2. The number of fused-ring (bicyclic) bond motifs is 1. The Morgan fingerprint density at radius 2 is 1.93 bits per heavy atom. The average molecular weight is 393 g/mol. The third kappa shape index (κ3) is 4.53. The Bertz CT molecular complexity index is 906. The molecular formula is C23H27N3O3. The summed E-state index contributed by atoms with van der Waals surface area (Å²) in [6.45, 7) is 2.53. The number of benzene rings is 2. The lowest BCUT2D eigenvalue weighted by Crippen LogP contribution is -2.39. The van der Waals surface area contributed by atoms with Crippen LogP contribution in [0.3, 0.4) is 0 Å². The molecule has 29 heavy (non-hydrogen) atoms. The first-order valence-electron chi connectivity index (χ1n) is 10.3. The Hall–Kier alpha value is -3.02. The maximum atomic E-state index is 12.6. The Morgan fingerprint density at radius 1 is 1.14 bits per heavy atom. The van der Waals surface area contributed by atoms with Crippen LogP contribution in [0.2, 0.25) is 0 Å². The first kappa shape index (κ1) is 19.3. The largest absolute Gasteiger partial charge is 0.482 e. The molecule has 6 nitrogen and oxygen atoms in total. The van der Waals surface area contributed by atoms with Gasteiger partial charge in [0, 0.05) is 11.7 Å². The van der Waals surface area contributed by atoms with E-state index in [1.807, 2.05) is 43.3 Å². The van der Waals surface area contributed by atoms with Crippen molar-refractivity contribution in [1.29, 1.82) is 0 Å². The molecule has 1 aliphatic carbocycles. The number of nitrogens with one attached hydrogen (secondary N) is 2. The smallest absolute Gasteiger partial charge is 0.319 e. The Balaban J connectivity index is 1.51. The molecule has 6 heteroatoms. The monoisotopic (exact) mass is 393 g/mol. The lowest BCUT2D eigenvalue weighted by molar-refractivity contribution is -0.121. The molecule has 4 rings (SSSR count). The predicted molar refractivity (Wildman–Crippen MR) is 113 cm³/mol. The Morgan fingerprint density at radius 3 is 2.72 bits per heavy atom. The standard InChI is InChI=1S/C23H27N3O3/c1-16-7-5-6-8-17(16)14-26-20-13-19(11-12-21(20)29-15-22(26)27)25-23(28)24-18-9-3-2-4-10-18/h5-8,11-13,18H,2-4,9-10,14-15H2,1H3,(H2,24,25,28). The number of hydrogen-bond acceptors (Lipinski definition) is 3. The van der Waals surface area contributed by atoms with Gasteiger partial charge in [-0.25, -0.2) is 4.79 Å². The van der Waals surface area contributed by atoms with Gasteiger partial charge in [0.15, 0.2) is 6.61 Å². The van der Waals surface area contributed by atoms with Crippen molar-refractivity contribution in [2.24, 2.45) is 0 Å². The van der Waals surface area contributed by atoms with Crippen molar-refractivity contribution in [2.45, 2.75) is 51.6 Å². The zero-order valence-corrected chi connectivity index (χ0v) is 16.7. The summed E-state index contributed by atoms with van der Waals surface area (Å²) in [5.74, 6) is 0.556. The van der Waals surface area contributed by atoms with E-state index in [1.54, 1.807) is 11.0 Å². The highest BCUT2D eigenvalue weighted by molar-refractivity contribution is 5.99. The third-order valence-corrected chi connectivity index (χ3v) is 5.69. The van der Waals surface area contributed by atoms with Crippen molar-refractivity contribution >= 4 is 23.3 Å². The summed E-state index contributed by atoms with van der Waals surface area (Å²) in [6.07, 6.45) is 5.64. The van der Waals surface area contributed by atoms with Gasteiger partial charge in [0.25, 0.3) is 5.91 Å². The minimum atomic E-state index is -0.203. The number of urea groups is 1. The van der Waals surface area contributed by atoms with Gasteiger partial charge in [-0.1, -0.05) is 43.5 Å². The van der Waals surface area contributed by atoms with Gasteiger partial charge in [-0.3, -0.25) is 4.79 Å². The van der Waals surface area contributed by atoms with E-state index in [1.165, 1.54) is 6.42 Å². The molecule has 1 heterocycles. The van der Waals surface area contributed by atoms with E-state index in [-0.39, 0.29) is 24.6 Å². The SMILES string of the molecule is Cc1ccccc1CN1C(=O)COc2ccc(NC(=O)NC3CCCCC3)cc21. The first-order valence-corrected chi connectivity index (χ1v) is 10.3. The van der Waals surface area contributed by atoms with Crippen molar-refractivity contribution in [3.8, 4) is 5.75 Å². The van der Waals surface area contributed by atoms with Gasteiger partial charge < -0.3 is 20.3 Å². The predicted octanol–water partition coefficient (Wildman–Crippen LogP) is 4.37. The summed E-state index contributed by atoms with van der Waals surface area (Å²) in [6, 6.07) is 13.5. The minimum absolute atomic E-state index is 0.0216. The molecule has 0 unspecified atom stereocenters. The van der Waals surface area contributed by atoms with Crippen LogP contribution >= 0.6 is 0 Å². The van der Waals surface area contributed by atoms with Crippen molar-refractivity contribution < 1.29 is 14.3 Å². The molecular weight excluding hydrogens is 366 g/mol. The van der Waals surface area contributed by atoms with E-state index in [2.05, 4.69) is 10.6 Å². The number of carbonyl (C=O) groups excluding carboxylic acids is 2. The molecule has 2 aromatic rings. The van der Waals surface area contributed by atoms with Crippen molar-refractivity contribution in [3.63, 3.8) is 0 Å². The molecule has 2 aromatic carbocycles. The average Bonchev–Trinajstić information content (AvgIpc) is 2.72. The molecule has 0 saturated heterocycles. The molecule has 0 aromatic heterocycles. The highest BCUT2D eigenvalue weighted by atomic mass is 16.5. The van der Waals surface area contributed by atoms with Gasteiger partial charge in [-0.05, 0) is 49.1 Å². The second kappa shape index (κ2) is 8.55. The first-order chi connectivity index (χ1) is 14.1. The van der Waals surface area contributed by atoms with Crippen LogP contribution in [-0.4, -0.2) is 24.6 Å². The third-order valence-electron chi connectivity index (χ3n) is 5.69. The van der Waals surface area contributed by atoms with Crippen molar-refractivity contribution in [3.05, 3.63) is 53.6 Å². The molecule has 2 N–H and O–H groups in total. The van der Waals surface area contributed by atoms with Crippen LogP contribution in [0, 0.1) is 6.92 Å². The van der Waals surface area contributed by atoms with Crippen molar-refractivity contribution in [1.82, 2.24) is 5.32 Å². The maximum Gasteiger partial charge on any atom is 0.319 e. The minimum Gasteiger partial charge on any atom is -0.482 e. The summed E-state index contributed by atoms with van der Waals surface area (Å²) in [5, 5.41) is 5.96. The zero-order valence-electron chi connectivity index (χ0n) is 16.7. The molecule has 152 valence electrons. The molecule has 3 amide bonds. The van der Waals surface area contributed by atoms with E-state index >= 15 is 0 Å². The molecule has 2 aliphatic rings. The molecule has 1 aliphatic heterocycles. The summed E-state index contributed by atoms with van der Waals surface area (Å²) in [5.41, 5.74) is 3.54. The molecule has 0 spiro atoms. The Kier molecular flexibility index (Phi) is 5.69. The number of aryl methyl sites for hydroxylation is 1. The van der Waals surface area contributed by atoms with Gasteiger partial charge in [0.2, 0.25) is 0 Å². The van der Waals surface area contributed by atoms with Crippen molar-refractivity contribution in [2.75, 3.05) is 16.8 Å². The molecule has 0 bridgehead atoms. The summed E-state index contributed by atoms with van der Waals surface area (Å²) in [7, 11) is 0. The van der Waals surface area contributed by atoms with Gasteiger partial charge in [0.1, 0.15) is 5.75 Å². The van der Waals surface area contributed by atoms with E-state index in [4.69, 9.17) is 4.74 Å². The van der Waals surface area contributed by atoms with Crippen LogP contribution in [-0.2, 0) is 11.3 Å².